The van der Waals surface area contributed by atoms with E-state index in [2.05, 4.69) is 4.74 Å². The predicted molar refractivity (Wildman–Crippen MR) is 23.5 cm³/mol. The topological polar surface area (TPSA) is 9.23 Å². The van der Waals surface area contributed by atoms with Gasteiger partial charge in [-0.15, -0.1) is 0 Å². The van der Waals surface area contributed by atoms with Gasteiger partial charge in [0.1, 0.15) is 7.28 Å². The SMILES string of the molecule is C[B]COC. The molecule has 0 aromatic carbocycles. The van der Waals surface area contributed by atoms with Crippen LogP contribution in [0.1, 0.15) is 0 Å². The van der Waals surface area contributed by atoms with Crippen LogP contribution in [-0.4, -0.2) is 20.9 Å². The summed E-state index contributed by atoms with van der Waals surface area (Å²) in [6.45, 7) is 2.73. The average Bonchev–Trinajstić information content (AvgIpc) is 1.41. The maximum atomic E-state index is 4.64. The second-order valence-corrected chi connectivity index (χ2v) is 0.864. The zero-order valence-corrected chi connectivity index (χ0v) is 3.69. The first-order chi connectivity index (χ1) is 2.41. The molecule has 0 aliphatic rings. The summed E-state index contributed by atoms with van der Waals surface area (Å²) in [7, 11) is 3.64. The Kier molecular flexibility index (Phi) is 4.05. The van der Waals surface area contributed by atoms with Crippen molar-refractivity contribution < 1.29 is 4.74 Å². The summed E-state index contributed by atoms with van der Waals surface area (Å²) in [6, 6.07) is 0. The summed E-state index contributed by atoms with van der Waals surface area (Å²) in [6.07, 6.45) is 0. The standard InChI is InChI=1S/C3H8BO/c1-4-3-5-2/h3H2,1-2H3. The first kappa shape index (κ1) is 5.02. The molecule has 5 heavy (non-hydrogen) atoms. The molecule has 0 bridgehead atoms. The fraction of sp³-hybridized carbons (Fsp3) is 1.00. The number of hydrogen-bond donors (Lipinski definition) is 0. The molecule has 0 spiro atoms. The third-order valence-electron chi connectivity index (χ3n) is 0.333. The van der Waals surface area contributed by atoms with Crippen LogP contribution in [0.2, 0.25) is 6.82 Å². The highest BCUT2D eigenvalue weighted by molar-refractivity contribution is 6.33. The van der Waals surface area contributed by atoms with Crippen molar-refractivity contribution in [2.45, 2.75) is 6.82 Å². The largest absolute Gasteiger partial charge is 0.394 e. The van der Waals surface area contributed by atoms with Gasteiger partial charge in [-0.2, -0.15) is 0 Å². The molecular formula is C3H8BO. The summed E-state index contributed by atoms with van der Waals surface area (Å²) in [5, 5.41) is 0. The molecule has 0 unspecified atom stereocenters. The second-order valence-electron chi connectivity index (χ2n) is 0.864. The molecule has 2 heteroatoms. The number of ether oxygens (including phenoxy) is 1. The maximum absolute atomic E-state index is 4.64. The minimum absolute atomic E-state index is 0.764. The minimum atomic E-state index is 0.764. The average molecular weight is 70.9 g/mol. The van der Waals surface area contributed by atoms with Crippen molar-refractivity contribution in [1.82, 2.24) is 0 Å². The molecule has 29 valence electrons. The van der Waals surface area contributed by atoms with Gasteiger partial charge >= 0.3 is 0 Å². The minimum Gasteiger partial charge on any atom is -0.394 e. The molecule has 0 saturated carbocycles. The van der Waals surface area contributed by atoms with E-state index in [0.29, 0.717) is 0 Å². The molecule has 0 atom stereocenters. The molecule has 0 aliphatic heterocycles. The third kappa shape index (κ3) is 4.02. The summed E-state index contributed by atoms with van der Waals surface area (Å²) in [5.74, 6) is 0. The predicted octanol–water partition coefficient (Wildman–Crippen LogP) is 0.343. The Bertz CT molecular complexity index is 14.4. The van der Waals surface area contributed by atoms with E-state index < -0.39 is 0 Å². The van der Waals surface area contributed by atoms with Crippen molar-refractivity contribution in [2.24, 2.45) is 0 Å². The Morgan fingerprint density at radius 2 is 2.40 bits per heavy atom. The highest BCUT2D eigenvalue weighted by Gasteiger charge is 1.70. The molecule has 0 N–H and O–H groups in total. The first-order valence-corrected chi connectivity index (χ1v) is 1.68. The van der Waals surface area contributed by atoms with Crippen LogP contribution in [0.25, 0.3) is 0 Å². The van der Waals surface area contributed by atoms with Gasteiger partial charge in [0.25, 0.3) is 0 Å². The Morgan fingerprint density at radius 3 is 2.40 bits per heavy atom. The molecule has 1 radical (unpaired) electrons. The van der Waals surface area contributed by atoms with Crippen LogP contribution < -0.4 is 0 Å². The van der Waals surface area contributed by atoms with Gasteiger partial charge in [0.05, 0.1) is 0 Å². The molecule has 0 aromatic rings. The monoisotopic (exact) mass is 71.1 g/mol. The van der Waals surface area contributed by atoms with Crippen LogP contribution in [-0.2, 0) is 4.74 Å². The van der Waals surface area contributed by atoms with Gasteiger partial charge in [-0.3, -0.25) is 0 Å². The summed E-state index contributed by atoms with van der Waals surface area (Å²) in [5.41, 5.74) is 0. The lowest BCUT2D eigenvalue weighted by Crippen LogP contribution is -1.92. The van der Waals surface area contributed by atoms with Crippen molar-refractivity contribution >= 4 is 7.28 Å². The number of methoxy groups -OCH3 is 1. The van der Waals surface area contributed by atoms with E-state index in [-0.39, 0.29) is 0 Å². The van der Waals surface area contributed by atoms with Crippen molar-refractivity contribution in [3.8, 4) is 0 Å². The summed E-state index contributed by atoms with van der Waals surface area (Å²) in [4.78, 5) is 0. The van der Waals surface area contributed by atoms with Crippen LogP contribution in [0.5, 0.6) is 0 Å². The van der Waals surface area contributed by atoms with Gasteiger partial charge in [0.15, 0.2) is 0 Å². The lowest BCUT2D eigenvalue weighted by atomic mass is 9.85. The van der Waals surface area contributed by atoms with Crippen LogP contribution in [0.3, 0.4) is 0 Å². The molecular weight excluding hydrogens is 62.8 g/mol. The van der Waals surface area contributed by atoms with Gasteiger partial charge < -0.3 is 4.74 Å². The summed E-state index contributed by atoms with van der Waals surface area (Å²) >= 11 is 0. The Hall–Kier alpha value is 0.0249. The van der Waals surface area contributed by atoms with E-state index in [1.54, 1.807) is 7.11 Å². The van der Waals surface area contributed by atoms with Gasteiger partial charge in [-0.25, -0.2) is 0 Å². The fourth-order valence-electron chi connectivity index (χ4n) is 0.167. The molecule has 0 heterocycles. The molecule has 0 saturated heterocycles. The van der Waals surface area contributed by atoms with Crippen molar-refractivity contribution in [3.63, 3.8) is 0 Å². The zero-order valence-electron chi connectivity index (χ0n) is 3.69. The smallest absolute Gasteiger partial charge is 0.141 e. The van der Waals surface area contributed by atoms with Crippen molar-refractivity contribution in [1.29, 1.82) is 0 Å². The van der Waals surface area contributed by atoms with E-state index in [4.69, 9.17) is 0 Å². The molecule has 0 rings (SSSR count). The molecule has 1 nitrogen and oxygen atoms in total. The number of hydrogen-bond acceptors (Lipinski definition) is 1. The second kappa shape index (κ2) is 4.02. The van der Waals surface area contributed by atoms with Crippen molar-refractivity contribution in [3.05, 3.63) is 0 Å². The normalized spacial score (nSPS) is 7.60. The number of rotatable bonds is 2. The highest BCUT2D eigenvalue weighted by atomic mass is 16.5. The van der Waals surface area contributed by atoms with Crippen LogP contribution >= 0.6 is 0 Å². The Balaban J connectivity index is 2.19. The van der Waals surface area contributed by atoms with Crippen LogP contribution in [0.4, 0.5) is 0 Å². The van der Waals surface area contributed by atoms with E-state index in [1.807, 2.05) is 14.1 Å². The quantitative estimate of drug-likeness (QED) is 0.426. The maximum Gasteiger partial charge on any atom is 0.141 e. The van der Waals surface area contributed by atoms with E-state index >= 15 is 0 Å². The van der Waals surface area contributed by atoms with Gasteiger partial charge in [-0.05, 0) is 0 Å². The Morgan fingerprint density at radius 1 is 1.80 bits per heavy atom. The molecule has 0 aliphatic carbocycles. The first-order valence-electron chi connectivity index (χ1n) is 1.68. The van der Waals surface area contributed by atoms with Gasteiger partial charge in [0, 0.05) is 13.6 Å². The fourth-order valence-corrected chi connectivity index (χ4v) is 0.167. The Labute approximate surface area is 33.6 Å². The van der Waals surface area contributed by atoms with E-state index in [0.717, 1.165) is 6.51 Å². The third-order valence-corrected chi connectivity index (χ3v) is 0.333. The lowest BCUT2D eigenvalue weighted by Gasteiger charge is -1.82. The van der Waals surface area contributed by atoms with Crippen LogP contribution in [0, 0.1) is 0 Å². The zero-order chi connectivity index (χ0) is 4.12. The summed E-state index contributed by atoms with van der Waals surface area (Å²) < 4.78 is 4.64. The lowest BCUT2D eigenvalue weighted by molar-refractivity contribution is 0.252. The van der Waals surface area contributed by atoms with E-state index in [1.165, 1.54) is 0 Å². The van der Waals surface area contributed by atoms with Crippen LogP contribution in [0.15, 0.2) is 0 Å². The molecule has 0 fully saturated rings. The molecule has 0 amide bonds. The highest BCUT2D eigenvalue weighted by Crippen LogP contribution is 1.57. The van der Waals surface area contributed by atoms with Gasteiger partial charge in [-0.1, -0.05) is 6.82 Å². The van der Waals surface area contributed by atoms with Crippen molar-refractivity contribution in [2.75, 3.05) is 13.6 Å². The van der Waals surface area contributed by atoms with Gasteiger partial charge in [0.2, 0.25) is 0 Å². The van der Waals surface area contributed by atoms with E-state index in [9.17, 15) is 0 Å². The molecule has 0 aromatic heterocycles.